The van der Waals surface area contributed by atoms with Crippen LogP contribution < -0.4 is 10.2 Å². The number of amides is 1. The van der Waals surface area contributed by atoms with Crippen molar-refractivity contribution in [3.05, 3.63) is 59.3 Å². The van der Waals surface area contributed by atoms with Crippen molar-refractivity contribution in [2.45, 2.75) is 39.3 Å². The number of morpholine rings is 1. The molecule has 1 saturated heterocycles. The molecule has 4 heterocycles. The molecule has 0 unspecified atom stereocenters. The lowest BCUT2D eigenvalue weighted by molar-refractivity contribution is -0.186. The Kier molecular flexibility index (Phi) is 6.57. The number of aromatic nitrogens is 4. The number of aryl methyl sites for hydroxylation is 2. The van der Waals surface area contributed by atoms with Crippen LogP contribution in [0.2, 0.25) is 0 Å². The fraction of sp³-hybridized carbons (Fsp3) is 0.385. The second-order valence-corrected chi connectivity index (χ2v) is 9.88. The predicted molar refractivity (Wildman–Crippen MR) is 134 cm³/mol. The molecule has 0 saturated carbocycles. The molecule has 0 atom stereocenters. The Bertz CT molecular complexity index is 1550. The number of benzene rings is 1. The van der Waals surface area contributed by atoms with Gasteiger partial charge in [0.25, 0.3) is 5.91 Å². The van der Waals surface area contributed by atoms with Crippen molar-refractivity contribution in [1.82, 2.24) is 19.6 Å². The number of oxazole rings is 1. The van der Waals surface area contributed by atoms with Crippen LogP contribution in [0.5, 0.6) is 0 Å². The van der Waals surface area contributed by atoms with Gasteiger partial charge in [0.05, 0.1) is 25.1 Å². The maximum atomic E-state index is 14.9. The minimum atomic E-state index is -4.65. The summed E-state index contributed by atoms with van der Waals surface area (Å²) >= 11 is 0. The SMILES string of the molecule is Cc1nc2cc(-c3cc(NC(=O)c4cnc(C(C)(C)C(F)(F)F)o4)c(F)cc3C)cc(N3CCOCC3)n2n1. The number of fused-ring (bicyclic) bond motifs is 1. The lowest BCUT2D eigenvalue weighted by Gasteiger charge is -2.29. The Hall–Kier alpha value is -4.00. The highest BCUT2D eigenvalue weighted by Crippen LogP contribution is 2.40. The van der Waals surface area contributed by atoms with Crippen LogP contribution in [0.4, 0.5) is 29.1 Å². The quantitative estimate of drug-likeness (QED) is 0.349. The van der Waals surface area contributed by atoms with E-state index in [9.17, 15) is 22.4 Å². The highest BCUT2D eigenvalue weighted by molar-refractivity contribution is 6.02. The third-order valence-corrected chi connectivity index (χ3v) is 6.71. The van der Waals surface area contributed by atoms with Gasteiger partial charge in [-0.1, -0.05) is 0 Å². The molecule has 206 valence electrons. The standard InChI is InChI=1S/C26H26F4N6O3/c1-14-9-18(27)19(33-23(37)20-13-31-24(39-20)25(3,4)26(28,29)30)12-17(14)16-10-21-32-15(2)34-36(21)22(11-16)35-5-7-38-8-6-35/h9-13H,5-8H2,1-4H3,(H,33,37). The number of anilines is 2. The molecule has 0 spiro atoms. The zero-order chi connectivity index (χ0) is 28.1. The summed E-state index contributed by atoms with van der Waals surface area (Å²) in [5.41, 5.74) is -0.0293. The molecule has 0 bridgehead atoms. The van der Waals surface area contributed by atoms with Gasteiger partial charge in [0.15, 0.2) is 5.65 Å². The van der Waals surface area contributed by atoms with Crippen molar-refractivity contribution in [2.75, 3.05) is 36.5 Å². The van der Waals surface area contributed by atoms with Crippen LogP contribution in [0.3, 0.4) is 0 Å². The zero-order valence-corrected chi connectivity index (χ0v) is 21.7. The molecule has 1 aliphatic heterocycles. The first kappa shape index (κ1) is 26.6. The predicted octanol–water partition coefficient (Wildman–Crippen LogP) is 5.07. The molecule has 9 nitrogen and oxygen atoms in total. The lowest BCUT2D eigenvalue weighted by atomic mass is 9.93. The molecule has 1 fully saturated rings. The van der Waals surface area contributed by atoms with Gasteiger partial charge in [-0.15, -0.1) is 5.10 Å². The Morgan fingerprint density at radius 2 is 1.79 bits per heavy atom. The molecule has 0 radical (unpaired) electrons. The summed E-state index contributed by atoms with van der Waals surface area (Å²) in [6.45, 7) is 7.76. The normalized spacial score (nSPS) is 14.7. The van der Waals surface area contributed by atoms with E-state index in [1.807, 2.05) is 12.1 Å². The number of nitrogens with zero attached hydrogens (tertiary/aromatic N) is 5. The molecule has 3 aromatic heterocycles. The van der Waals surface area contributed by atoms with Crippen LogP contribution in [0.15, 0.2) is 34.9 Å². The summed E-state index contributed by atoms with van der Waals surface area (Å²) in [6, 6.07) is 6.48. The van der Waals surface area contributed by atoms with Gasteiger partial charge >= 0.3 is 6.18 Å². The molecule has 1 aromatic carbocycles. The average molecular weight is 547 g/mol. The van der Waals surface area contributed by atoms with Gasteiger partial charge in [0.1, 0.15) is 22.9 Å². The zero-order valence-electron chi connectivity index (χ0n) is 21.7. The highest BCUT2D eigenvalue weighted by Gasteiger charge is 2.52. The van der Waals surface area contributed by atoms with E-state index >= 15 is 0 Å². The molecule has 4 aromatic rings. The van der Waals surface area contributed by atoms with Gasteiger partial charge in [0, 0.05) is 13.1 Å². The van der Waals surface area contributed by atoms with Crippen molar-refractivity contribution in [1.29, 1.82) is 0 Å². The molecule has 1 N–H and O–H groups in total. The van der Waals surface area contributed by atoms with E-state index in [2.05, 4.69) is 25.3 Å². The first-order valence-electron chi connectivity index (χ1n) is 12.2. The molecular weight excluding hydrogens is 520 g/mol. The Morgan fingerprint density at radius 1 is 1.08 bits per heavy atom. The second kappa shape index (κ2) is 9.63. The van der Waals surface area contributed by atoms with E-state index in [-0.39, 0.29) is 5.69 Å². The summed E-state index contributed by atoms with van der Waals surface area (Å²) in [4.78, 5) is 23.1. The molecule has 13 heteroatoms. The van der Waals surface area contributed by atoms with Gasteiger partial charge in [-0.3, -0.25) is 4.79 Å². The summed E-state index contributed by atoms with van der Waals surface area (Å²) in [6.07, 6.45) is -3.75. The van der Waals surface area contributed by atoms with Crippen LogP contribution in [0, 0.1) is 19.7 Å². The number of ether oxygens (including phenoxy) is 1. The largest absolute Gasteiger partial charge is 0.435 e. The first-order chi connectivity index (χ1) is 18.3. The second-order valence-electron chi connectivity index (χ2n) is 9.88. The number of carbonyl (C=O) groups excluding carboxylic acids is 1. The van der Waals surface area contributed by atoms with E-state index in [0.29, 0.717) is 48.9 Å². The summed E-state index contributed by atoms with van der Waals surface area (Å²) in [7, 11) is 0. The third kappa shape index (κ3) is 4.93. The van der Waals surface area contributed by atoms with Crippen LogP contribution >= 0.6 is 0 Å². The van der Waals surface area contributed by atoms with Crippen LogP contribution in [0.25, 0.3) is 16.8 Å². The summed E-state index contributed by atoms with van der Waals surface area (Å²) < 4.78 is 67.3. The van der Waals surface area contributed by atoms with E-state index in [1.165, 1.54) is 12.1 Å². The first-order valence-corrected chi connectivity index (χ1v) is 12.2. The number of hydrogen-bond donors (Lipinski definition) is 1. The maximum absolute atomic E-state index is 14.9. The third-order valence-electron chi connectivity index (χ3n) is 6.71. The van der Waals surface area contributed by atoms with Gasteiger partial charge in [0.2, 0.25) is 11.7 Å². The van der Waals surface area contributed by atoms with Crippen molar-refractivity contribution >= 4 is 23.1 Å². The number of rotatable bonds is 5. The molecule has 39 heavy (non-hydrogen) atoms. The smallest absolute Gasteiger partial charge is 0.402 e. The van der Waals surface area contributed by atoms with E-state index in [0.717, 1.165) is 31.4 Å². The Morgan fingerprint density at radius 3 is 2.49 bits per heavy atom. The lowest BCUT2D eigenvalue weighted by Crippen LogP contribution is -2.37. The van der Waals surface area contributed by atoms with Crippen LogP contribution in [-0.2, 0) is 10.2 Å². The van der Waals surface area contributed by atoms with Crippen molar-refractivity contribution in [3.8, 4) is 11.1 Å². The van der Waals surface area contributed by atoms with E-state index in [1.54, 1.807) is 18.4 Å². The minimum Gasteiger partial charge on any atom is -0.435 e. The molecular formula is C26H26F4N6O3. The summed E-state index contributed by atoms with van der Waals surface area (Å²) in [5, 5.41) is 6.90. The highest BCUT2D eigenvalue weighted by atomic mass is 19.4. The van der Waals surface area contributed by atoms with Crippen LogP contribution in [0.1, 0.15) is 41.7 Å². The number of hydrogen-bond acceptors (Lipinski definition) is 7. The fourth-order valence-corrected chi connectivity index (χ4v) is 4.30. The number of alkyl halides is 3. The number of halogens is 4. The topological polar surface area (TPSA) is 97.8 Å². The number of pyridine rings is 1. The van der Waals surface area contributed by atoms with Crippen molar-refractivity contribution < 1.29 is 31.5 Å². The van der Waals surface area contributed by atoms with E-state index in [4.69, 9.17) is 9.15 Å². The number of carbonyl (C=O) groups is 1. The van der Waals surface area contributed by atoms with Gasteiger partial charge in [-0.2, -0.15) is 17.7 Å². The molecule has 1 amide bonds. The van der Waals surface area contributed by atoms with Gasteiger partial charge < -0.3 is 19.4 Å². The fourth-order valence-electron chi connectivity index (χ4n) is 4.30. The van der Waals surface area contributed by atoms with Gasteiger partial charge in [-0.05, 0) is 68.7 Å². The summed E-state index contributed by atoms with van der Waals surface area (Å²) in [5.74, 6) is -1.41. The van der Waals surface area contributed by atoms with Crippen molar-refractivity contribution in [2.24, 2.45) is 0 Å². The van der Waals surface area contributed by atoms with E-state index < -0.39 is 35.0 Å². The Labute approximate surface area is 220 Å². The van der Waals surface area contributed by atoms with Crippen LogP contribution in [-0.4, -0.2) is 58.0 Å². The number of nitrogens with one attached hydrogen (secondary N) is 1. The average Bonchev–Trinajstić information content (AvgIpc) is 3.52. The van der Waals surface area contributed by atoms with Crippen molar-refractivity contribution in [3.63, 3.8) is 0 Å². The Balaban J connectivity index is 1.49. The molecule has 1 aliphatic rings. The molecule has 5 rings (SSSR count). The maximum Gasteiger partial charge on any atom is 0.402 e. The van der Waals surface area contributed by atoms with Gasteiger partial charge in [-0.25, -0.2) is 14.4 Å². The molecule has 0 aliphatic carbocycles. The minimum absolute atomic E-state index is 0.168. The monoisotopic (exact) mass is 546 g/mol.